The number of ether oxygens (including phenoxy) is 1. The second-order valence-corrected chi connectivity index (χ2v) is 6.34. The van der Waals surface area contributed by atoms with Gasteiger partial charge in [0, 0.05) is 18.8 Å². The molecular weight excluding hydrogens is 276 g/mol. The number of hydrogen-bond donors (Lipinski definition) is 0. The molecule has 5 nitrogen and oxygen atoms in total. The van der Waals surface area contributed by atoms with Gasteiger partial charge in [0.05, 0.1) is 18.1 Å². The Balaban J connectivity index is 2.35. The summed E-state index contributed by atoms with van der Waals surface area (Å²) in [5.74, 6) is 0. The summed E-state index contributed by atoms with van der Waals surface area (Å²) in [6.07, 6.45) is 2.12. The van der Waals surface area contributed by atoms with E-state index in [9.17, 15) is 8.42 Å². The van der Waals surface area contributed by atoms with Crippen molar-refractivity contribution in [2.45, 2.75) is 24.3 Å². The van der Waals surface area contributed by atoms with Crippen LogP contribution in [-0.2, 0) is 14.8 Å². The van der Waals surface area contributed by atoms with E-state index >= 15 is 0 Å². The fourth-order valence-corrected chi connectivity index (χ4v) is 3.88. The average Bonchev–Trinajstić information content (AvgIpc) is 2.38. The zero-order valence-corrected chi connectivity index (χ0v) is 11.6. The van der Waals surface area contributed by atoms with Crippen molar-refractivity contribution in [3.63, 3.8) is 0 Å². The van der Waals surface area contributed by atoms with Crippen molar-refractivity contribution in [2.24, 2.45) is 0 Å². The molecule has 1 saturated heterocycles. The van der Waals surface area contributed by atoms with Gasteiger partial charge < -0.3 is 4.74 Å². The van der Waals surface area contributed by atoms with Gasteiger partial charge in [-0.1, -0.05) is 18.5 Å². The highest BCUT2D eigenvalue weighted by Crippen LogP contribution is 2.23. The molecule has 1 aromatic rings. The summed E-state index contributed by atoms with van der Waals surface area (Å²) in [5, 5.41) is 0.178. The number of rotatable bonds is 3. The summed E-state index contributed by atoms with van der Waals surface area (Å²) < 4.78 is 31.8. The third-order valence-electron chi connectivity index (χ3n) is 2.95. The van der Waals surface area contributed by atoms with Gasteiger partial charge in [0.2, 0.25) is 10.0 Å². The molecule has 18 heavy (non-hydrogen) atoms. The van der Waals surface area contributed by atoms with Gasteiger partial charge in [-0.15, -0.1) is 0 Å². The number of aromatic nitrogens is 1. The van der Waals surface area contributed by atoms with E-state index in [1.807, 2.05) is 6.92 Å². The van der Waals surface area contributed by atoms with E-state index in [0.29, 0.717) is 19.8 Å². The Labute approximate surface area is 112 Å². The van der Waals surface area contributed by atoms with Crippen LogP contribution in [0.2, 0.25) is 5.15 Å². The van der Waals surface area contributed by atoms with Gasteiger partial charge in [-0.25, -0.2) is 13.4 Å². The second-order valence-electron chi connectivity index (χ2n) is 4.07. The molecule has 1 aromatic heterocycles. The maximum atomic E-state index is 12.5. The summed E-state index contributed by atoms with van der Waals surface area (Å²) in [7, 11) is -3.52. The van der Waals surface area contributed by atoms with E-state index in [2.05, 4.69) is 4.98 Å². The van der Waals surface area contributed by atoms with E-state index in [0.717, 1.165) is 6.42 Å². The molecule has 0 spiro atoms. The van der Waals surface area contributed by atoms with Gasteiger partial charge >= 0.3 is 0 Å². The molecule has 0 amide bonds. The number of halogens is 1. The predicted molar refractivity (Wildman–Crippen MR) is 68.0 cm³/mol. The van der Waals surface area contributed by atoms with Crippen molar-refractivity contribution in [1.29, 1.82) is 0 Å². The van der Waals surface area contributed by atoms with E-state index in [-0.39, 0.29) is 16.1 Å². The molecule has 1 atom stereocenters. The van der Waals surface area contributed by atoms with E-state index in [4.69, 9.17) is 16.3 Å². The van der Waals surface area contributed by atoms with E-state index in [1.54, 1.807) is 0 Å². The molecule has 1 unspecified atom stereocenters. The van der Waals surface area contributed by atoms with Crippen molar-refractivity contribution in [3.05, 3.63) is 23.5 Å². The summed E-state index contributed by atoms with van der Waals surface area (Å²) >= 11 is 5.74. The van der Waals surface area contributed by atoms with Crippen LogP contribution in [0.1, 0.15) is 13.3 Å². The van der Waals surface area contributed by atoms with Gasteiger partial charge in [0.25, 0.3) is 0 Å². The van der Waals surface area contributed by atoms with Gasteiger partial charge in [-0.2, -0.15) is 4.31 Å². The van der Waals surface area contributed by atoms with Gasteiger partial charge in [-0.3, -0.25) is 0 Å². The topological polar surface area (TPSA) is 59.5 Å². The molecule has 0 radical (unpaired) electrons. The van der Waals surface area contributed by atoms with Gasteiger partial charge in [-0.05, 0) is 18.6 Å². The van der Waals surface area contributed by atoms with Crippen LogP contribution in [-0.4, -0.2) is 43.5 Å². The van der Waals surface area contributed by atoms with Crippen molar-refractivity contribution in [1.82, 2.24) is 9.29 Å². The first-order valence-corrected chi connectivity index (χ1v) is 7.58. The smallest absolute Gasteiger partial charge is 0.243 e. The first kappa shape index (κ1) is 13.7. The van der Waals surface area contributed by atoms with Crippen LogP contribution in [0.4, 0.5) is 0 Å². The Kier molecular flexibility index (Phi) is 4.21. The Hall–Kier alpha value is -0.690. The molecule has 0 bridgehead atoms. The minimum absolute atomic E-state index is 0.115. The Morgan fingerprint density at radius 3 is 3.06 bits per heavy atom. The van der Waals surface area contributed by atoms with Crippen molar-refractivity contribution in [3.8, 4) is 0 Å². The van der Waals surface area contributed by atoms with Crippen LogP contribution >= 0.6 is 11.6 Å². The lowest BCUT2D eigenvalue weighted by Gasteiger charge is -2.33. The summed E-state index contributed by atoms with van der Waals surface area (Å²) in [6, 6.07) is 2.72. The molecular formula is C11H15ClN2O3S. The lowest BCUT2D eigenvalue weighted by molar-refractivity contribution is 0.0314. The zero-order chi connectivity index (χ0) is 13.2. The fraction of sp³-hybridized carbons (Fsp3) is 0.545. The maximum absolute atomic E-state index is 12.5. The van der Waals surface area contributed by atoms with Crippen LogP contribution in [0.3, 0.4) is 0 Å². The molecule has 7 heteroatoms. The maximum Gasteiger partial charge on any atom is 0.243 e. The van der Waals surface area contributed by atoms with Gasteiger partial charge in [0.15, 0.2) is 0 Å². The van der Waals surface area contributed by atoms with Crippen LogP contribution in [0, 0.1) is 0 Å². The average molecular weight is 291 g/mol. The van der Waals surface area contributed by atoms with Crippen LogP contribution in [0.5, 0.6) is 0 Å². The monoisotopic (exact) mass is 290 g/mol. The van der Waals surface area contributed by atoms with Crippen LogP contribution in [0.15, 0.2) is 23.2 Å². The molecule has 2 heterocycles. The summed E-state index contributed by atoms with van der Waals surface area (Å²) in [4.78, 5) is 3.98. The second kappa shape index (κ2) is 5.52. The van der Waals surface area contributed by atoms with Crippen LogP contribution < -0.4 is 0 Å². The Morgan fingerprint density at radius 1 is 1.61 bits per heavy atom. The largest absolute Gasteiger partial charge is 0.378 e. The predicted octanol–water partition coefficient (Wildman–Crippen LogP) is 1.53. The Bertz CT molecular complexity index is 521. The quantitative estimate of drug-likeness (QED) is 0.792. The first-order chi connectivity index (χ1) is 8.55. The molecule has 0 aromatic carbocycles. The number of pyridine rings is 1. The number of morpholine rings is 1. The molecule has 1 fully saturated rings. The number of sulfonamides is 1. The summed E-state index contributed by atoms with van der Waals surface area (Å²) in [5.41, 5.74) is 0. The Morgan fingerprint density at radius 2 is 2.39 bits per heavy atom. The molecule has 2 rings (SSSR count). The lowest BCUT2D eigenvalue weighted by Crippen LogP contribution is -2.48. The third-order valence-corrected chi connectivity index (χ3v) is 5.10. The highest BCUT2D eigenvalue weighted by molar-refractivity contribution is 7.89. The summed E-state index contributed by atoms with van der Waals surface area (Å²) in [6.45, 7) is 3.19. The SMILES string of the molecule is CCC1COCCN1S(=O)(=O)c1ccnc(Cl)c1. The van der Waals surface area contributed by atoms with E-state index < -0.39 is 10.0 Å². The molecule has 1 aliphatic heterocycles. The minimum Gasteiger partial charge on any atom is -0.378 e. The third kappa shape index (κ3) is 2.66. The highest BCUT2D eigenvalue weighted by Gasteiger charge is 2.33. The molecule has 0 saturated carbocycles. The highest BCUT2D eigenvalue weighted by atomic mass is 35.5. The number of nitrogens with zero attached hydrogens (tertiary/aromatic N) is 2. The molecule has 0 N–H and O–H groups in total. The van der Waals surface area contributed by atoms with Crippen LogP contribution in [0.25, 0.3) is 0 Å². The van der Waals surface area contributed by atoms with Gasteiger partial charge in [0.1, 0.15) is 5.15 Å². The van der Waals surface area contributed by atoms with Crippen molar-refractivity contribution in [2.75, 3.05) is 19.8 Å². The van der Waals surface area contributed by atoms with E-state index in [1.165, 1.54) is 22.6 Å². The molecule has 100 valence electrons. The first-order valence-electron chi connectivity index (χ1n) is 5.77. The standard InChI is InChI=1S/C11H15ClN2O3S/c1-2-9-8-17-6-5-14(9)18(15,16)10-3-4-13-11(12)7-10/h3-4,7,9H,2,5-6,8H2,1H3. The number of hydrogen-bond acceptors (Lipinski definition) is 4. The molecule has 1 aliphatic rings. The fourth-order valence-electron chi connectivity index (χ4n) is 1.96. The minimum atomic E-state index is -3.52. The van der Waals surface area contributed by atoms with Crippen molar-refractivity contribution >= 4 is 21.6 Å². The van der Waals surface area contributed by atoms with Crippen molar-refractivity contribution < 1.29 is 13.2 Å². The zero-order valence-electron chi connectivity index (χ0n) is 10.0. The molecule has 0 aliphatic carbocycles. The normalized spacial score (nSPS) is 22.0. The lowest BCUT2D eigenvalue weighted by atomic mass is 10.2.